The molecule has 0 bridgehead atoms. The van der Waals surface area contributed by atoms with Crippen molar-refractivity contribution in [2.24, 2.45) is 5.92 Å². The van der Waals surface area contributed by atoms with Gasteiger partial charge in [-0.2, -0.15) is 0 Å². The standard InChI is InChI=1S/C14H22N4O2/c1-8(2)7-17-13(19)9(3)18-14(20)10-4-11(15)6-12(16)5-10/h4-6,8-9H,7,15-16H2,1-3H3,(H,17,19)(H,18,20). The molecule has 0 radical (unpaired) electrons. The zero-order valence-corrected chi connectivity index (χ0v) is 12.1. The molecule has 1 aromatic carbocycles. The van der Waals surface area contributed by atoms with Crippen LogP contribution in [-0.2, 0) is 4.79 Å². The molecule has 1 rings (SSSR count). The molecular weight excluding hydrogens is 256 g/mol. The van der Waals surface area contributed by atoms with Crippen molar-refractivity contribution in [1.82, 2.24) is 10.6 Å². The molecule has 6 N–H and O–H groups in total. The number of hydrogen-bond acceptors (Lipinski definition) is 4. The molecule has 0 aliphatic carbocycles. The second-order valence-corrected chi connectivity index (χ2v) is 5.22. The zero-order chi connectivity index (χ0) is 15.3. The van der Waals surface area contributed by atoms with Gasteiger partial charge in [-0.3, -0.25) is 9.59 Å². The number of carbonyl (C=O) groups is 2. The van der Waals surface area contributed by atoms with Gasteiger partial charge in [0.25, 0.3) is 5.91 Å². The fourth-order valence-corrected chi connectivity index (χ4v) is 1.61. The van der Waals surface area contributed by atoms with Crippen molar-refractivity contribution >= 4 is 23.2 Å². The number of nitrogens with one attached hydrogen (secondary N) is 2. The summed E-state index contributed by atoms with van der Waals surface area (Å²) in [7, 11) is 0. The lowest BCUT2D eigenvalue weighted by atomic mass is 10.1. The minimum Gasteiger partial charge on any atom is -0.399 e. The van der Waals surface area contributed by atoms with Gasteiger partial charge in [-0.05, 0) is 31.0 Å². The van der Waals surface area contributed by atoms with Crippen LogP contribution in [-0.4, -0.2) is 24.4 Å². The van der Waals surface area contributed by atoms with Gasteiger partial charge in [0.15, 0.2) is 0 Å². The highest BCUT2D eigenvalue weighted by Gasteiger charge is 2.17. The Balaban J connectivity index is 2.63. The van der Waals surface area contributed by atoms with E-state index in [-0.39, 0.29) is 11.8 Å². The Labute approximate surface area is 118 Å². The van der Waals surface area contributed by atoms with Crippen LogP contribution in [0.5, 0.6) is 0 Å². The molecular formula is C14H22N4O2. The van der Waals surface area contributed by atoms with Gasteiger partial charge in [-0.1, -0.05) is 13.8 Å². The Morgan fingerprint density at radius 3 is 2.15 bits per heavy atom. The van der Waals surface area contributed by atoms with Crippen molar-refractivity contribution in [3.05, 3.63) is 23.8 Å². The number of carbonyl (C=O) groups excluding carboxylic acids is 2. The molecule has 0 aromatic heterocycles. The Bertz CT molecular complexity index is 480. The number of anilines is 2. The number of amides is 2. The van der Waals surface area contributed by atoms with Gasteiger partial charge >= 0.3 is 0 Å². The molecule has 6 nitrogen and oxygen atoms in total. The Kier molecular flexibility index (Phi) is 5.37. The smallest absolute Gasteiger partial charge is 0.252 e. The number of nitrogens with two attached hydrogens (primary N) is 2. The summed E-state index contributed by atoms with van der Waals surface area (Å²) in [5, 5.41) is 5.37. The summed E-state index contributed by atoms with van der Waals surface area (Å²) >= 11 is 0. The van der Waals surface area contributed by atoms with E-state index in [9.17, 15) is 9.59 Å². The minimum absolute atomic E-state index is 0.219. The predicted octanol–water partition coefficient (Wildman–Crippen LogP) is 0.742. The van der Waals surface area contributed by atoms with Gasteiger partial charge in [-0.25, -0.2) is 0 Å². The van der Waals surface area contributed by atoms with Crippen molar-refractivity contribution in [2.75, 3.05) is 18.0 Å². The van der Waals surface area contributed by atoms with Gasteiger partial charge < -0.3 is 22.1 Å². The molecule has 2 amide bonds. The molecule has 6 heteroatoms. The van der Waals surface area contributed by atoms with Gasteiger partial charge in [0, 0.05) is 23.5 Å². The first-order chi connectivity index (χ1) is 9.29. The van der Waals surface area contributed by atoms with Crippen LogP contribution in [0, 0.1) is 5.92 Å². The molecule has 1 atom stereocenters. The SMILES string of the molecule is CC(C)CNC(=O)C(C)NC(=O)c1cc(N)cc(N)c1. The predicted molar refractivity (Wildman–Crippen MR) is 80.0 cm³/mol. The van der Waals surface area contributed by atoms with Crippen LogP contribution in [0.25, 0.3) is 0 Å². The van der Waals surface area contributed by atoms with E-state index >= 15 is 0 Å². The summed E-state index contributed by atoms with van der Waals surface area (Å²) in [6.45, 7) is 6.20. The topological polar surface area (TPSA) is 110 Å². The van der Waals surface area contributed by atoms with Crippen LogP contribution in [0.3, 0.4) is 0 Å². The van der Waals surface area contributed by atoms with E-state index in [0.717, 1.165) is 0 Å². The maximum absolute atomic E-state index is 12.0. The molecule has 0 aliphatic heterocycles. The van der Waals surface area contributed by atoms with Gasteiger partial charge in [0.05, 0.1) is 0 Å². The van der Waals surface area contributed by atoms with Crippen LogP contribution in [0.2, 0.25) is 0 Å². The number of benzene rings is 1. The van der Waals surface area contributed by atoms with Crippen LogP contribution < -0.4 is 22.1 Å². The van der Waals surface area contributed by atoms with E-state index in [1.54, 1.807) is 13.0 Å². The van der Waals surface area contributed by atoms with E-state index in [1.807, 2.05) is 13.8 Å². The lowest BCUT2D eigenvalue weighted by Crippen LogP contribution is -2.45. The van der Waals surface area contributed by atoms with E-state index in [1.165, 1.54) is 12.1 Å². The average molecular weight is 278 g/mol. The summed E-state index contributed by atoms with van der Waals surface area (Å²) in [4.78, 5) is 23.8. The molecule has 110 valence electrons. The number of nitrogen functional groups attached to an aromatic ring is 2. The van der Waals surface area contributed by atoms with Crippen molar-refractivity contribution in [3.8, 4) is 0 Å². The summed E-state index contributed by atoms with van der Waals surface area (Å²) in [6, 6.07) is 3.98. The monoisotopic (exact) mass is 278 g/mol. The van der Waals surface area contributed by atoms with Gasteiger partial charge in [0.2, 0.25) is 5.91 Å². The van der Waals surface area contributed by atoms with E-state index in [0.29, 0.717) is 29.4 Å². The Hall–Kier alpha value is -2.24. The first-order valence-corrected chi connectivity index (χ1v) is 6.54. The van der Waals surface area contributed by atoms with Crippen LogP contribution >= 0.6 is 0 Å². The summed E-state index contributed by atoms with van der Waals surface area (Å²) in [5.41, 5.74) is 12.4. The van der Waals surface area contributed by atoms with Crippen LogP contribution in [0.4, 0.5) is 11.4 Å². The fraction of sp³-hybridized carbons (Fsp3) is 0.429. The molecule has 0 saturated carbocycles. The van der Waals surface area contributed by atoms with Crippen molar-refractivity contribution in [1.29, 1.82) is 0 Å². The van der Waals surface area contributed by atoms with E-state index < -0.39 is 6.04 Å². The molecule has 1 aromatic rings. The summed E-state index contributed by atoms with van der Waals surface area (Å²) < 4.78 is 0. The van der Waals surface area contributed by atoms with Gasteiger partial charge in [-0.15, -0.1) is 0 Å². The fourth-order valence-electron chi connectivity index (χ4n) is 1.61. The highest BCUT2D eigenvalue weighted by molar-refractivity contribution is 5.98. The van der Waals surface area contributed by atoms with Crippen LogP contribution in [0.1, 0.15) is 31.1 Å². The Morgan fingerprint density at radius 1 is 1.10 bits per heavy atom. The summed E-state index contributed by atoms with van der Waals surface area (Å²) in [5.74, 6) is -0.240. The minimum atomic E-state index is -0.621. The quantitative estimate of drug-likeness (QED) is 0.595. The maximum atomic E-state index is 12.0. The second-order valence-electron chi connectivity index (χ2n) is 5.22. The molecule has 20 heavy (non-hydrogen) atoms. The normalized spacial score (nSPS) is 12.0. The average Bonchev–Trinajstić information content (AvgIpc) is 2.34. The lowest BCUT2D eigenvalue weighted by Gasteiger charge is -2.15. The second kappa shape index (κ2) is 6.79. The molecule has 0 aliphatic rings. The molecule has 0 spiro atoms. The number of hydrogen-bond donors (Lipinski definition) is 4. The highest BCUT2D eigenvalue weighted by Crippen LogP contribution is 2.13. The van der Waals surface area contributed by atoms with E-state index in [2.05, 4.69) is 10.6 Å². The molecule has 0 heterocycles. The largest absolute Gasteiger partial charge is 0.399 e. The van der Waals surface area contributed by atoms with Crippen molar-refractivity contribution in [3.63, 3.8) is 0 Å². The van der Waals surface area contributed by atoms with Crippen LogP contribution in [0.15, 0.2) is 18.2 Å². The third kappa shape index (κ3) is 4.79. The summed E-state index contributed by atoms with van der Waals surface area (Å²) in [6.07, 6.45) is 0. The molecule has 1 unspecified atom stereocenters. The first-order valence-electron chi connectivity index (χ1n) is 6.54. The van der Waals surface area contributed by atoms with Gasteiger partial charge in [0.1, 0.15) is 6.04 Å². The maximum Gasteiger partial charge on any atom is 0.252 e. The van der Waals surface area contributed by atoms with Crippen molar-refractivity contribution < 1.29 is 9.59 Å². The third-order valence-corrected chi connectivity index (χ3v) is 2.67. The first kappa shape index (κ1) is 15.8. The molecule has 0 saturated heterocycles. The highest BCUT2D eigenvalue weighted by atomic mass is 16.2. The van der Waals surface area contributed by atoms with Crippen molar-refractivity contribution in [2.45, 2.75) is 26.8 Å². The Morgan fingerprint density at radius 2 is 1.65 bits per heavy atom. The lowest BCUT2D eigenvalue weighted by molar-refractivity contribution is -0.122. The van der Waals surface area contributed by atoms with E-state index in [4.69, 9.17) is 11.5 Å². The third-order valence-electron chi connectivity index (χ3n) is 2.67. The zero-order valence-electron chi connectivity index (χ0n) is 12.1. The molecule has 0 fully saturated rings. The number of rotatable bonds is 5.